The number of rotatable bonds is 16. The van der Waals surface area contributed by atoms with Crippen LogP contribution in [0.1, 0.15) is 107 Å². The second-order valence-electron chi connectivity index (χ2n) is 7.36. The van der Waals surface area contributed by atoms with E-state index in [9.17, 15) is 4.79 Å². The van der Waals surface area contributed by atoms with Crippen LogP contribution in [0.3, 0.4) is 0 Å². The molecule has 1 rings (SSSR count). The van der Waals surface area contributed by atoms with Gasteiger partial charge in [-0.3, -0.25) is 4.79 Å². The first-order chi connectivity index (χ1) is 12.7. The molecule has 0 aliphatic carbocycles. The van der Waals surface area contributed by atoms with Gasteiger partial charge in [0.1, 0.15) is 0 Å². The third kappa shape index (κ3) is 12.5. The fourth-order valence-electron chi connectivity index (χ4n) is 3.25. The van der Waals surface area contributed by atoms with Crippen LogP contribution >= 0.6 is 15.9 Å². The van der Waals surface area contributed by atoms with Crippen LogP contribution in [-0.2, 0) is 0 Å². The zero-order valence-electron chi connectivity index (χ0n) is 16.7. The molecule has 0 aliphatic heterocycles. The van der Waals surface area contributed by atoms with Crippen molar-refractivity contribution in [2.45, 2.75) is 96.8 Å². The Morgan fingerprint density at radius 3 is 1.81 bits per heavy atom. The average molecular weight is 424 g/mol. The first-order valence-corrected chi connectivity index (χ1v) is 11.6. The number of hydrogen-bond donors (Lipinski definition) is 1. The maximum absolute atomic E-state index is 12.0. The Balaban J connectivity index is 1.83. The summed E-state index contributed by atoms with van der Waals surface area (Å²) >= 11 is 3.40. The third-order valence-corrected chi connectivity index (χ3v) is 5.40. The van der Waals surface area contributed by atoms with Crippen LogP contribution in [0.4, 0.5) is 0 Å². The maximum Gasteiger partial charge on any atom is 0.251 e. The molecule has 148 valence electrons. The third-order valence-electron chi connectivity index (χ3n) is 4.90. The minimum Gasteiger partial charge on any atom is -0.352 e. The lowest BCUT2D eigenvalue weighted by atomic mass is 10.0. The Morgan fingerprint density at radius 1 is 0.808 bits per heavy atom. The highest BCUT2D eigenvalue weighted by Gasteiger charge is 2.04. The second kappa shape index (κ2) is 16.4. The number of carbonyl (C=O) groups excluding carboxylic acids is 1. The first kappa shape index (κ1) is 23.2. The van der Waals surface area contributed by atoms with Crippen molar-refractivity contribution in [3.05, 3.63) is 34.3 Å². The molecule has 0 spiro atoms. The van der Waals surface area contributed by atoms with E-state index in [4.69, 9.17) is 0 Å². The standard InChI is InChI=1S/C23H38BrNO/c1-2-3-4-5-6-7-8-9-10-11-12-13-14-15-19-25-23(26)21-17-16-18-22(24)20-21/h16-18,20H,2-15,19H2,1H3,(H,25,26). The van der Waals surface area contributed by atoms with Gasteiger partial charge in [0.15, 0.2) is 0 Å². The molecule has 0 saturated heterocycles. The zero-order chi connectivity index (χ0) is 18.9. The van der Waals surface area contributed by atoms with E-state index < -0.39 is 0 Å². The summed E-state index contributed by atoms with van der Waals surface area (Å²) < 4.78 is 0.946. The van der Waals surface area contributed by atoms with Crippen LogP contribution in [0.25, 0.3) is 0 Å². The van der Waals surface area contributed by atoms with Crippen molar-refractivity contribution in [2.24, 2.45) is 0 Å². The predicted octanol–water partition coefficient (Wildman–Crippen LogP) is 7.66. The van der Waals surface area contributed by atoms with Gasteiger partial charge in [-0.05, 0) is 24.6 Å². The van der Waals surface area contributed by atoms with E-state index in [1.165, 1.54) is 83.5 Å². The van der Waals surface area contributed by atoms with E-state index in [1.807, 2.05) is 24.3 Å². The fraction of sp³-hybridized carbons (Fsp3) is 0.696. The number of nitrogens with one attached hydrogen (secondary N) is 1. The summed E-state index contributed by atoms with van der Waals surface area (Å²) in [5.74, 6) is 0.0287. The van der Waals surface area contributed by atoms with E-state index in [1.54, 1.807) is 0 Å². The lowest BCUT2D eigenvalue weighted by Gasteiger charge is -2.06. The van der Waals surface area contributed by atoms with Gasteiger partial charge in [0.05, 0.1) is 0 Å². The molecule has 0 bridgehead atoms. The normalized spacial score (nSPS) is 10.8. The minimum atomic E-state index is 0.0287. The van der Waals surface area contributed by atoms with E-state index in [2.05, 4.69) is 28.2 Å². The fourth-order valence-corrected chi connectivity index (χ4v) is 3.65. The molecule has 0 saturated carbocycles. The van der Waals surface area contributed by atoms with Gasteiger partial charge in [-0.25, -0.2) is 0 Å². The molecule has 0 radical (unpaired) electrons. The van der Waals surface area contributed by atoms with Crippen molar-refractivity contribution >= 4 is 21.8 Å². The molecule has 3 heteroatoms. The molecule has 0 fully saturated rings. The largest absolute Gasteiger partial charge is 0.352 e. The molecule has 26 heavy (non-hydrogen) atoms. The smallest absolute Gasteiger partial charge is 0.251 e. The minimum absolute atomic E-state index is 0.0287. The first-order valence-electron chi connectivity index (χ1n) is 10.8. The summed E-state index contributed by atoms with van der Waals surface area (Å²) in [4.78, 5) is 12.0. The summed E-state index contributed by atoms with van der Waals surface area (Å²) in [5.41, 5.74) is 0.727. The molecule has 1 N–H and O–H groups in total. The number of benzene rings is 1. The van der Waals surface area contributed by atoms with Crippen LogP contribution in [0, 0.1) is 0 Å². The number of carbonyl (C=O) groups is 1. The Morgan fingerprint density at radius 2 is 1.31 bits per heavy atom. The Hall–Kier alpha value is -0.830. The molecule has 1 aromatic carbocycles. The second-order valence-corrected chi connectivity index (χ2v) is 8.28. The van der Waals surface area contributed by atoms with Gasteiger partial charge in [0.25, 0.3) is 5.91 Å². The van der Waals surface area contributed by atoms with Crippen molar-refractivity contribution in [2.75, 3.05) is 6.54 Å². The molecule has 0 heterocycles. The monoisotopic (exact) mass is 423 g/mol. The summed E-state index contributed by atoms with van der Waals surface area (Å²) in [6, 6.07) is 7.54. The Bertz CT molecular complexity index is 475. The molecular formula is C23H38BrNO. The topological polar surface area (TPSA) is 29.1 Å². The van der Waals surface area contributed by atoms with E-state index in [-0.39, 0.29) is 5.91 Å². The van der Waals surface area contributed by atoms with Crippen molar-refractivity contribution < 1.29 is 4.79 Å². The molecule has 1 aromatic rings. The summed E-state index contributed by atoms with van der Waals surface area (Å²) in [5, 5.41) is 3.01. The van der Waals surface area contributed by atoms with Crippen molar-refractivity contribution in [3.63, 3.8) is 0 Å². The van der Waals surface area contributed by atoms with Crippen LogP contribution in [0.15, 0.2) is 28.7 Å². The average Bonchev–Trinajstić information content (AvgIpc) is 2.64. The lowest BCUT2D eigenvalue weighted by molar-refractivity contribution is 0.0953. The van der Waals surface area contributed by atoms with Gasteiger partial charge < -0.3 is 5.32 Å². The molecule has 1 amide bonds. The number of unbranched alkanes of at least 4 members (excludes halogenated alkanes) is 13. The number of hydrogen-bond acceptors (Lipinski definition) is 1. The van der Waals surface area contributed by atoms with Gasteiger partial charge in [-0.1, -0.05) is 112 Å². The Labute approximate surface area is 169 Å². The van der Waals surface area contributed by atoms with Crippen LogP contribution in [-0.4, -0.2) is 12.5 Å². The molecule has 0 unspecified atom stereocenters. The van der Waals surface area contributed by atoms with Crippen molar-refractivity contribution in [1.82, 2.24) is 5.32 Å². The van der Waals surface area contributed by atoms with E-state index >= 15 is 0 Å². The molecular weight excluding hydrogens is 386 g/mol. The lowest BCUT2D eigenvalue weighted by Crippen LogP contribution is -2.24. The summed E-state index contributed by atoms with van der Waals surface area (Å²) in [6.45, 7) is 3.06. The Kier molecular flexibility index (Phi) is 14.6. The molecule has 2 nitrogen and oxygen atoms in total. The van der Waals surface area contributed by atoms with Crippen molar-refractivity contribution in [1.29, 1.82) is 0 Å². The molecule has 0 atom stereocenters. The number of amides is 1. The van der Waals surface area contributed by atoms with Gasteiger partial charge in [-0.15, -0.1) is 0 Å². The quantitative estimate of drug-likeness (QED) is 0.271. The summed E-state index contributed by atoms with van der Waals surface area (Å²) in [7, 11) is 0. The SMILES string of the molecule is CCCCCCCCCCCCCCCCNC(=O)c1cccc(Br)c1. The van der Waals surface area contributed by atoms with Gasteiger partial charge in [-0.2, -0.15) is 0 Å². The van der Waals surface area contributed by atoms with Crippen LogP contribution < -0.4 is 5.32 Å². The highest BCUT2D eigenvalue weighted by molar-refractivity contribution is 9.10. The van der Waals surface area contributed by atoms with E-state index in [0.29, 0.717) is 0 Å². The van der Waals surface area contributed by atoms with Crippen molar-refractivity contribution in [3.8, 4) is 0 Å². The van der Waals surface area contributed by atoms with Gasteiger partial charge >= 0.3 is 0 Å². The predicted molar refractivity (Wildman–Crippen MR) is 117 cm³/mol. The zero-order valence-corrected chi connectivity index (χ0v) is 18.3. The number of halogens is 1. The highest BCUT2D eigenvalue weighted by Crippen LogP contribution is 2.13. The molecule has 0 aliphatic rings. The van der Waals surface area contributed by atoms with Crippen LogP contribution in [0.5, 0.6) is 0 Å². The van der Waals surface area contributed by atoms with Gasteiger partial charge in [0, 0.05) is 16.6 Å². The highest BCUT2D eigenvalue weighted by atomic mass is 79.9. The maximum atomic E-state index is 12.0. The summed E-state index contributed by atoms with van der Waals surface area (Å²) in [6.07, 6.45) is 19.0. The van der Waals surface area contributed by atoms with Crippen LogP contribution in [0.2, 0.25) is 0 Å². The van der Waals surface area contributed by atoms with Gasteiger partial charge in [0.2, 0.25) is 0 Å². The van der Waals surface area contributed by atoms with E-state index in [0.717, 1.165) is 23.0 Å². The molecule has 0 aromatic heterocycles.